The number of aliphatic imine (C=N–C) groups is 1. The lowest BCUT2D eigenvalue weighted by atomic mass is 10.1. The van der Waals surface area contributed by atoms with Gasteiger partial charge in [-0.25, -0.2) is 9.67 Å². The molecule has 1 unspecified atom stereocenters. The Bertz CT molecular complexity index is 609. The molecule has 27 heavy (non-hydrogen) atoms. The number of alkyl halides is 3. The molecule has 0 saturated carbocycles. The number of aryl methyl sites for hydroxylation is 1. The standard InChI is InChI=1S/C15H26F3N7O.HI/c1-19-14(20-6-7-24(2)10-15(16,17)18)21-11-4-5-13-22-12(9-26-3)23-25(13)8-11;/h11H,4-10H2,1-3H3,(H2,19,20,21);1H. The number of hydrogen-bond acceptors (Lipinski definition) is 5. The zero-order chi connectivity index (χ0) is 19.2. The second kappa shape index (κ2) is 11.0. The molecular formula is C15H27F3IN7O. The Hall–Kier alpha value is -1.15. The first-order valence-corrected chi connectivity index (χ1v) is 8.44. The van der Waals surface area contributed by atoms with Crippen molar-refractivity contribution in [2.45, 2.75) is 38.2 Å². The van der Waals surface area contributed by atoms with E-state index in [2.05, 4.69) is 25.7 Å². The highest BCUT2D eigenvalue weighted by Crippen LogP contribution is 2.15. The summed E-state index contributed by atoms with van der Waals surface area (Å²) < 4.78 is 43.9. The topological polar surface area (TPSA) is 79.6 Å². The lowest BCUT2D eigenvalue weighted by molar-refractivity contribution is -0.142. The second-order valence-electron chi connectivity index (χ2n) is 6.29. The molecule has 12 heteroatoms. The number of ether oxygens (including phenoxy) is 1. The van der Waals surface area contributed by atoms with Gasteiger partial charge in [0, 0.05) is 39.7 Å². The second-order valence-corrected chi connectivity index (χ2v) is 6.29. The lowest BCUT2D eigenvalue weighted by Crippen LogP contribution is -2.48. The number of nitrogens with one attached hydrogen (secondary N) is 2. The fraction of sp³-hybridized carbons (Fsp3) is 0.800. The monoisotopic (exact) mass is 505 g/mol. The minimum absolute atomic E-state index is 0. The first-order chi connectivity index (χ1) is 12.3. The predicted molar refractivity (Wildman–Crippen MR) is 106 cm³/mol. The van der Waals surface area contributed by atoms with E-state index in [1.165, 1.54) is 11.9 Å². The summed E-state index contributed by atoms with van der Waals surface area (Å²) in [6, 6.07) is 0.124. The number of fused-ring (bicyclic) bond motifs is 1. The maximum Gasteiger partial charge on any atom is 0.401 e. The van der Waals surface area contributed by atoms with Crippen molar-refractivity contribution in [1.82, 2.24) is 30.3 Å². The molecule has 0 spiro atoms. The van der Waals surface area contributed by atoms with Crippen LogP contribution in [0.25, 0.3) is 0 Å². The Labute approximate surface area is 174 Å². The minimum Gasteiger partial charge on any atom is -0.377 e. The molecule has 0 saturated heterocycles. The Morgan fingerprint density at radius 3 is 2.81 bits per heavy atom. The van der Waals surface area contributed by atoms with Crippen molar-refractivity contribution in [3.63, 3.8) is 0 Å². The average Bonchev–Trinajstić information content (AvgIpc) is 2.94. The molecule has 2 N–H and O–H groups in total. The van der Waals surface area contributed by atoms with Crippen LogP contribution in [0.1, 0.15) is 18.1 Å². The molecule has 0 amide bonds. The number of likely N-dealkylation sites (N-methyl/N-ethyl adjacent to an activating group) is 1. The molecule has 2 rings (SSSR count). The number of aromatic nitrogens is 3. The molecular weight excluding hydrogens is 478 g/mol. The number of halogens is 4. The van der Waals surface area contributed by atoms with E-state index in [-0.39, 0.29) is 36.6 Å². The van der Waals surface area contributed by atoms with Crippen LogP contribution in [0.5, 0.6) is 0 Å². The summed E-state index contributed by atoms with van der Waals surface area (Å²) in [5.74, 6) is 2.17. The van der Waals surface area contributed by atoms with Crippen LogP contribution in [0.4, 0.5) is 13.2 Å². The van der Waals surface area contributed by atoms with Crippen LogP contribution < -0.4 is 10.6 Å². The minimum atomic E-state index is -4.19. The van der Waals surface area contributed by atoms with Gasteiger partial charge < -0.3 is 15.4 Å². The van der Waals surface area contributed by atoms with E-state index in [1.807, 2.05) is 4.68 Å². The summed E-state index contributed by atoms with van der Waals surface area (Å²) in [4.78, 5) is 9.78. The highest BCUT2D eigenvalue weighted by molar-refractivity contribution is 14.0. The van der Waals surface area contributed by atoms with E-state index >= 15 is 0 Å². The molecule has 0 radical (unpaired) electrons. The highest BCUT2D eigenvalue weighted by Gasteiger charge is 2.29. The first-order valence-electron chi connectivity index (χ1n) is 8.44. The number of methoxy groups -OCH3 is 1. The van der Waals surface area contributed by atoms with Crippen molar-refractivity contribution in [1.29, 1.82) is 0 Å². The van der Waals surface area contributed by atoms with Crippen molar-refractivity contribution < 1.29 is 17.9 Å². The van der Waals surface area contributed by atoms with Gasteiger partial charge in [-0.1, -0.05) is 0 Å². The average molecular weight is 505 g/mol. The SMILES string of the molecule is CN=C(NCCN(C)CC(F)(F)F)NC1CCc2nc(COC)nn2C1.I. The summed E-state index contributed by atoms with van der Waals surface area (Å²) >= 11 is 0. The van der Waals surface area contributed by atoms with E-state index in [4.69, 9.17) is 4.74 Å². The molecule has 0 aliphatic carbocycles. The van der Waals surface area contributed by atoms with Gasteiger partial charge in [0.2, 0.25) is 0 Å². The highest BCUT2D eigenvalue weighted by atomic mass is 127. The van der Waals surface area contributed by atoms with E-state index < -0.39 is 12.7 Å². The van der Waals surface area contributed by atoms with Crippen LogP contribution in [0.15, 0.2) is 4.99 Å². The van der Waals surface area contributed by atoms with Gasteiger partial charge >= 0.3 is 6.18 Å². The lowest BCUT2D eigenvalue weighted by Gasteiger charge is -2.26. The van der Waals surface area contributed by atoms with E-state index in [1.54, 1.807) is 14.2 Å². The van der Waals surface area contributed by atoms with Gasteiger partial charge in [-0.3, -0.25) is 9.89 Å². The van der Waals surface area contributed by atoms with E-state index in [9.17, 15) is 13.2 Å². The third kappa shape index (κ3) is 8.17. The maximum atomic E-state index is 12.3. The summed E-state index contributed by atoms with van der Waals surface area (Å²) in [5.41, 5.74) is 0. The third-order valence-electron chi connectivity index (χ3n) is 3.97. The fourth-order valence-corrected chi connectivity index (χ4v) is 2.81. The smallest absolute Gasteiger partial charge is 0.377 e. The molecule has 1 aliphatic rings. The van der Waals surface area contributed by atoms with Gasteiger partial charge in [0.05, 0.1) is 13.1 Å². The number of nitrogens with zero attached hydrogens (tertiary/aromatic N) is 5. The molecule has 8 nitrogen and oxygen atoms in total. The molecule has 1 aromatic heterocycles. The molecule has 156 valence electrons. The summed E-state index contributed by atoms with van der Waals surface area (Å²) in [6.07, 6.45) is -2.52. The van der Waals surface area contributed by atoms with E-state index in [0.717, 1.165) is 18.7 Å². The van der Waals surface area contributed by atoms with Crippen molar-refractivity contribution in [2.24, 2.45) is 4.99 Å². The van der Waals surface area contributed by atoms with Crippen LogP contribution in [-0.4, -0.2) is 78.7 Å². The Morgan fingerprint density at radius 1 is 1.44 bits per heavy atom. The molecule has 1 atom stereocenters. The van der Waals surface area contributed by atoms with Crippen molar-refractivity contribution in [2.75, 3.05) is 40.8 Å². The van der Waals surface area contributed by atoms with Gasteiger partial charge in [0.15, 0.2) is 11.8 Å². The Kier molecular flexibility index (Phi) is 9.73. The van der Waals surface area contributed by atoms with Crippen molar-refractivity contribution in [3.05, 3.63) is 11.6 Å². The van der Waals surface area contributed by atoms with Crippen LogP contribution in [-0.2, 0) is 24.3 Å². The quantitative estimate of drug-likeness (QED) is 0.328. The maximum absolute atomic E-state index is 12.3. The van der Waals surface area contributed by atoms with Crippen molar-refractivity contribution in [3.8, 4) is 0 Å². The van der Waals surface area contributed by atoms with Gasteiger partial charge in [-0.15, -0.1) is 24.0 Å². The number of hydrogen-bond donors (Lipinski definition) is 2. The molecule has 0 bridgehead atoms. The predicted octanol–water partition coefficient (Wildman–Crippen LogP) is 1.02. The van der Waals surface area contributed by atoms with Gasteiger partial charge in [0.25, 0.3) is 0 Å². The van der Waals surface area contributed by atoms with E-state index in [0.29, 0.717) is 31.5 Å². The number of rotatable bonds is 7. The summed E-state index contributed by atoms with van der Waals surface area (Å²) in [5, 5.41) is 10.7. The molecule has 0 fully saturated rings. The largest absolute Gasteiger partial charge is 0.401 e. The third-order valence-corrected chi connectivity index (χ3v) is 3.97. The Morgan fingerprint density at radius 2 is 2.19 bits per heavy atom. The van der Waals surface area contributed by atoms with Crippen LogP contribution >= 0.6 is 24.0 Å². The molecule has 1 aliphatic heterocycles. The number of guanidine groups is 1. The first kappa shape index (κ1) is 23.9. The van der Waals surface area contributed by atoms with Crippen LogP contribution in [0.2, 0.25) is 0 Å². The molecule has 0 aromatic carbocycles. The Balaban J connectivity index is 0.00000364. The summed E-state index contributed by atoms with van der Waals surface area (Å²) in [6.45, 7) is 0.736. The fourth-order valence-electron chi connectivity index (χ4n) is 2.81. The summed E-state index contributed by atoms with van der Waals surface area (Å²) in [7, 11) is 4.68. The van der Waals surface area contributed by atoms with Crippen LogP contribution in [0.3, 0.4) is 0 Å². The molecule has 1 aromatic rings. The molecule has 2 heterocycles. The van der Waals surface area contributed by atoms with Gasteiger partial charge in [-0.05, 0) is 13.5 Å². The normalized spacial score (nSPS) is 17.4. The van der Waals surface area contributed by atoms with Gasteiger partial charge in [0.1, 0.15) is 12.4 Å². The zero-order valence-corrected chi connectivity index (χ0v) is 18.0. The van der Waals surface area contributed by atoms with Gasteiger partial charge in [-0.2, -0.15) is 18.3 Å². The van der Waals surface area contributed by atoms with Crippen LogP contribution in [0, 0.1) is 0 Å². The van der Waals surface area contributed by atoms with Crippen molar-refractivity contribution >= 4 is 29.9 Å². The zero-order valence-electron chi connectivity index (χ0n) is 15.7.